The predicted molar refractivity (Wildman–Crippen MR) is 46.2 cm³/mol. The van der Waals surface area contributed by atoms with Gasteiger partial charge in [0, 0.05) is 19.3 Å². The first-order valence-electron chi connectivity index (χ1n) is 3.81. The summed E-state index contributed by atoms with van der Waals surface area (Å²) in [5.41, 5.74) is 0. The minimum atomic E-state index is -4.48. The van der Waals surface area contributed by atoms with Crippen molar-refractivity contribution < 1.29 is 18.0 Å². The van der Waals surface area contributed by atoms with Gasteiger partial charge in [0.05, 0.1) is 6.04 Å². The van der Waals surface area contributed by atoms with Crippen molar-refractivity contribution in [2.75, 3.05) is 0 Å². The molecule has 0 radical (unpaired) electrons. The van der Waals surface area contributed by atoms with Crippen molar-refractivity contribution in [3.63, 3.8) is 0 Å². The lowest BCUT2D eigenvalue weighted by Gasteiger charge is -2.08. The van der Waals surface area contributed by atoms with E-state index in [9.17, 15) is 18.0 Å². The van der Waals surface area contributed by atoms with Gasteiger partial charge in [0.2, 0.25) is 5.91 Å². The molecule has 14 heavy (non-hydrogen) atoms. The summed E-state index contributed by atoms with van der Waals surface area (Å²) in [4.78, 5) is 10.5. The minimum absolute atomic E-state index is 0.0947. The zero-order valence-electron chi connectivity index (χ0n) is 7.61. The summed E-state index contributed by atoms with van der Waals surface area (Å²) in [5.74, 6) is 2.70. The average Bonchev–Trinajstić information content (AvgIpc) is 1.99. The average molecular weight is 205 g/mol. The molecule has 0 spiro atoms. The molecule has 1 atom stereocenters. The number of amides is 1. The summed E-state index contributed by atoms with van der Waals surface area (Å²) in [6, 6.07) is -0.539. The van der Waals surface area contributed by atoms with Gasteiger partial charge >= 0.3 is 6.18 Å². The molecule has 0 bridgehead atoms. The zero-order valence-corrected chi connectivity index (χ0v) is 7.61. The van der Waals surface area contributed by atoms with Crippen LogP contribution in [-0.4, -0.2) is 18.1 Å². The summed E-state index contributed by atoms with van der Waals surface area (Å²) in [6.45, 7) is 4.64. The van der Waals surface area contributed by atoms with E-state index in [1.165, 1.54) is 13.0 Å². The highest BCUT2D eigenvalue weighted by molar-refractivity contribution is 5.73. The van der Waals surface area contributed by atoms with E-state index in [4.69, 9.17) is 0 Å². The standard InChI is InChI=1S/C9H10F3NO/c1-3-8(13-7(2)14)5-4-6-9(10,11)12/h3,8H,1,5H2,2H3,(H,13,14)/t8-/m1/s1. The molecule has 0 saturated heterocycles. The molecule has 5 heteroatoms. The van der Waals surface area contributed by atoms with Gasteiger partial charge < -0.3 is 5.32 Å². The van der Waals surface area contributed by atoms with Crippen LogP contribution in [0.5, 0.6) is 0 Å². The van der Waals surface area contributed by atoms with Gasteiger partial charge in [-0.3, -0.25) is 4.79 Å². The quantitative estimate of drug-likeness (QED) is 0.550. The molecule has 0 aromatic rings. The summed E-state index contributed by atoms with van der Waals surface area (Å²) in [7, 11) is 0. The van der Waals surface area contributed by atoms with Gasteiger partial charge in [-0.05, 0) is 0 Å². The van der Waals surface area contributed by atoms with Crippen molar-refractivity contribution in [1.82, 2.24) is 5.32 Å². The molecule has 0 fully saturated rings. The molecule has 0 saturated carbocycles. The van der Waals surface area contributed by atoms with Crippen LogP contribution in [0.3, 0.4) is 0 Å². The van der Waals surface area contributed by atoms with Gasteiger partial charge in [0.25, 0.3) is 0 Å². The van der Waals surface area contributed by atoms with Crippen molar-refractivity contribution in [3.05, 3.63) is 12.7 Å². The molecule has 0 aliphatic carbocycles. The molecule has 0 rings (SSSR count). The second-order valence-corrected chi connectivity index (χ2v) is 2.55. The fraction of sp³-hybridized carbons (Fsp3) is 0.444. The normalized spacial score (nSPS) is 12.3. The Balaban J connectivity index is 4.12. The van der Waals surface area contributed by atoms with E-state index < -0.39 is 12.2 Å². The van der Waals surface area contributed by atoms with Crippen molar-refractivity contribution in [2.24, 2.45) is 0 Å². The Morgan fingerprint density at radius 1 is 1.64 bits per heavy atom. The Morgan fingerprint density at radius 2 is 2.21 bits per heavy atom. The maximum atomic E-state index is 11.6. The number of carbonyl (C=O) groups excluding carboxylic acids is 1. The lowest BCUT2D eigenvalue weighted by molar-refractivity contribution is -0.119. The first kappa shape index (κ1) is 12.6. The smallest absolute Gasteiger partial charge is 0.349 e. The lowest BCUT2D eigenvalue weighted by atomic mass is 10.2. The molecule has 1 N–H and O–H groups in total. The van der Waals surface area contributed by atoms with Crippen LogP contribution in [0.25, 0.3) is 0 Å². The van der Waals surface area contributed by atoms with E-state index in [1.54, 1.807) is 0 Å². The summed E-state index contributed by atoms with van der Waals surface area (Å²) < 4.78 is 34.8. The third kappa shape index (κ3) is 7.22. The SMILES string of the molecule is C=C[C@H](CC#CC(F)(F)F)NC(C)=O. The fourth-order valence-corrected chi connectivity index (χ4v) is 0.716. The number of nitrogens with one attached hydrogen (secondary N) is 1. The van der Waals surface area contributed by atoms with Gasteiger partial charge in [0.15, 0.2) is 0 Å². The summed E-state index contributed by atoms with van der Waals surface area (Å²) >= 11 is 0. The van der Waals surface area contributed by atoms with E-state index in [0.29, 0.717) is 0 Å². The summed E-state index contributed by atoms with van der Waals surface area (Å²) in [5, 5.41) is 2.39. The number of rotatable bonds is 3. The molecule has 0 aliphatic heterocycles. The van der Waals surface area contributed by atoms with E-state index in [0.717, 1.165) is 5.92 Å². The molecule has 78 valence electrons. The van der Waals surface area contributed by atoms with Crippen LogP contribution in [0.2, 0.25) is 0 Å². The summed E-state index contributed by atoms with van der Waals surface area (Å²) in [6.07, 6.45) is -3.24. The van der Waals surface area contributed by atoms with Crippen LogP contribution < -0.4 is 5.32 Å². The van der Waals surface area contributed by atoms with E-state index in [-0.39, 0.29) is 12.3 Å². The minimum Gasteiger partial charge on any atom is -0.349 e. The van der Waals surface area contributed by atoms with Gasteiger partial charge in [-0.2, -0.15) is 13.2 Å². The van der Waals surface area contributed by atoms with Crippen molar-refractivity contribution in [1.29, 1.82) is 0 Å². The topological polar surface area (TPSA) is 29.1 Å². The third-order valence-corrected chi connectivity index (χ3v) is 1.23. The van der Waals surface area contributed by atoms with E-state index in [2.05, 4.69) is 11.9 Å². The van der Waals surface area contributed by atoms with Crippen LogP contribution >= 0.6 is 0 Å². The van der Waals surface area contributed by atoms with Gasteiger partial charge in [-0.25, -0.2) is 0 Å². The van der Waals surface area contributed by atoms with Crippen LogP contribution in [0, 0.1) is 11.8 Å². The Labute approximate surface area is 80.2 Å². The van der Waals surface area contributed by atoms with E-state index >= 15 is 0 Å². The number of alkyl halides is 3. The Bertz CT molecular complexity index is 272. The predicted octanol–water partition coefficient (Wildman–Crippen LogP) is 1.63. The Kier molecular flexibility index (Phi) is 4.78. The maximum Gasteiger partial charge on any atom is 0.457 e. The van der Waals surface area contributed by atoms with Crippen molar-refractivity contribution in [3.8, 4) is 11.8 Å². The molecule has 0 aromatic carbocycles. The molecular weight excluding hydrogens is 195 g/mol. The number of hydrogen-bond donors (Lipinski definition) is 1. The maximum absolute atomic E-state index is 11.6. The van der Waals surface area contributed by atoms with Gasteiger partial charge in [-0.15, -0.1) is 6.58 Å². The highest BCUT2D eigenvalue weighted by atomic mass is 19.4. The molecule has 2 nitrogen and oxygen atoms in total. The first-order valence-corrected chi connectivity index (χ1v) is 3.81. The monoisotopic (exact) mass is 205 g/mol. The highest BCUT2D eigenvalue weighted by Gasteiger charge is 2.22. The van der Waals surface area contributed by atoms with Crippen LogP contribution in [0.4, 0.5) is 13.2 Å². The van der Waals surface area contributed by atoms with Crippen LogP contribution in [0.1, 0.15) is 13.3 Å². The largest absolute Gasteiger partial charge is 0.457 e. The molecular formula is C9H10F3NO. The molecule has 0 heterocycles. The lowest BCUT2D eigenvalue weighted by Crippen LogP contribution is -2.30. The van der Waals surface area contributed by atoms with Crippen molar-refractivity contribution in [2.45, 2.75) is 25.6 Å². The molecule has 0 unspecified atom stereocenters. The number of carbonyl (C=O) groups is 1. The zero-order chi connectivity index (χ0) is 11.2. The van der Waals surface area contributed by atoms with Gasteiger partial charge in [0.1, 0.15) is 0 Å². The second kappa shape index (κ2) is 5.32. The van der Waals surface area contributed by atoms with Crippen LogP contribution in [-0.2, 0) is 4.79 Å². The first-order chi connectivity index (χ1) is 6.35. The van der Waals surface area contributed by atoms with Crippen LogP contribution in [0.15, 0.2) is 12.7 Å². The van der Waals surface area contributed by atoms with E-state index in [1.807, 2.05) is 5.92 Å². The molecule has 0 aliphatic rings. The molecule has 0 aromatic heterocycles. The third-order valence-electron chi connectivity index (χ3n) is 1.23. The number of halogens is 3. The molecule has 1 amide bonds. The fourth-order valence-electron chi connectivity index (χ4n) is 0.716. The van der Waals surface area contributed by atoms with Crippen molar-refractivity contribution >= 4 is 5.91 Å². The van der Waals surface area contributed by atoms with Gasteiger partial charge in [-0.1, -0.05) is 12.0 Å². The Hall–Kier alpha value is -1.44. The second-order valence-electron chi connectivity index (χ2n) is 2.55. The number of hydrogen-bond acceptors (Lipinski definition) is 1. The highest BCUT2D eigenvalue weighted by Crippen LogP contribution is 2.12. The Morgan fingerprint density at radius 3 is 2.57 bits per heavy atom.